The van der Waals surface area contributed by atoms with Crippen LogP contribution < -0.4 is 10.3 Å². The fraction of sp³-hybridized carbons (Fsp3) is 0.474. The molecule has 0 aliphatic carbocycles. The van der Waals surface area contributed by atoms with Crippen molar-refractivity contribution in [1.82, 2.24) is 4.90 Å². The van der Waals surface area contributed by atoms with Gasteiger partial charge in [-0.2, -0.15) is 0 Å². The Balaban J connectivity index is 1.64. The van der Waals surface area contributed by atoms with E-state index in [1.807, 2.05) is 12.1 Å². The van der Waals surface area contributed by atoms with Crippen molar-refractivity contribution in [2.24, 2.45) is 5.16 Å². The van der Waals surface area contributed by atoms with Gasteiger partial charge in [-0.15, -0.1) is 0 Å². The first-order valence-corrected chi connectivity index (χ1v) is 8.79. The molecule has 6 heteroatoms. The Morgan fingerprint density at radius 1 is 1.28 bits per heavy atom. The zero-order chi connectivity index (χ0) is 17.6. The molecule has 2 heterocycles. The van der Waals surface area contributed by atoms with Gasteiger partial charge >= 0.3 is 0 Å². The summed E-state index contributed by atoms with van der Waals surface area (Å²) in [5, 5.41) is 12.9. The first-order valence-electron chi connectivity index (χ1n) is 8.79. The Bertz CT molecular complexity index is 807. The van der Waals surface area contributed by atoms with Gasteiger partial charge in [0.1, 0.15) is 11.3 Å². The van der Waals surface area contributed by atoms with Gasteiger partial charge in [-0.3, -0.25) is 4.79 Å². The molecule has 3 rings (SSSR count). The summed E-state index contributed by atoms with van der Waals surface area (Å²) in [4.78, 5) is 14.1. The van der Waals surface area contributed by atoms with Gasteiger partial charge in [0.2, 0.25) is 0 Å². The third kappa shape index (κ3) is 4.39. The molecule has 0 atom stereocenters. The smallest absolute Gasteiger partial charge is 0.266 e. The first kappa shape index (κ1) is 17.5. The van der Waals surface area contributed by atoms with Crippen LogP contribution in [0.1, 0.15) is 43.0 Å². The third-order valence-electron chi connectivity index (χ3n) is 4.53. The van der Waals surface area contributed by atoms with Crippen LogP contribution >= 0.6 is 0 Å². The highest BCUT2D eigenvalue weighted by Crippen LogP contribution is 2.21. The van der Waals surface area contributed by atoms with E-state index in [0.717, 1.165) is 18.4 Å². The molecule has 134 valence electrons. The predicted octanol–water partition coefficient (Wildman–Crippen LogP) is 3.18. The molecular weight excluding hydrogens is 320 g/mol. The van der Waals surface area contributed by atoms with Crippen molar-refractivity contribution in [3.63, 3.8) is 0 Å². The van der Waals surface area contributed by atoms with Crippen LogP contribution in [0.3, 0.4) is 0 Å². The first-order chi connectivity index (χ1) is 12.2. The second kappa shape index (κ2) is 8.16. The van der Waals surface area contributed by atoms with E-state index in [0.29, 0.717) is 17.9 Å². The molecule has 0 unspecified atom stereocenters. The lowest BCUT2D eigenvalue weighted by Crippen LogP contribution is -2.31. The maximum absolute atomic E-state index is 11.6. The fourth-order valence-corrected chi connectivity index (χ4v) is 3.18. The average Bonchev–Trinajstić information content (AvgIpc) is 2.64. The molecule has 0 amide bonds. The fourth-order valence-electron chi connectivity index (χ4n) is 3.18. The number of hydrogen-bond donors (Lipinski definition) is 1. The Morgan fingerprint density at radius 3 is 2.80 bits per heavy atom. The largest absolute Gasteiger partial charge is 0.493 e. The van der Waals surface area contributed by atoms with E-state index in [2.05, 4.69) is 10.1 Å². The number of ketones is 1. The summed E-state index contributed by atoms with van der Waals surface area (Å²) in [6.07, 6.45) is 4.93. The van der Waals surface area contributed by atoms with Crippen LogP contribution in [0.15, 0.2) is 33.8 Å². The number of hydrogen-bond acceptors (Lipinski definition) is 6. The Kier molecular flexibility index (Phi) is 5.71. The number of piperidine rings is 1. The van der Waals surface area contributed by atoms with Gasteiger partial charge in [0.05, 0.1) is 12.2 Å². The summed E-state index contributed by atoms with van der Waals surface area (Å²) in [5.41, 5.74) is 0.693. The minimum Gasteiger partial charge on any atom is -0.493 e. The van der Waals surface area contributed by atoms with E-state index < -0.39 is 0 Å². The van der Waals surface area contributed by atoms with Gasteiger partial charge in [0, 0.05) is 18.0 Å². The molecule has 0 radical (unpaired) electrons. The van der Waals surface area contributed by atoms with Crippen LogP contribution in [0.4, 0.5) is 0 Å². The minimum absolute atomic E-state index is 0.0813. The lowest BCUT2D eigenvalue weighted by molar-refractivity contribution is 0.101. The summed E-state index contributed by atoms with van der Waals surface area (Å²) in [6, 6.07) is 7.12. The number of fused-ring (bicyclic) bond motifs is 1. The number of carbonyl (C=O) groups excluding carboxylic acids is 1. The SMILES string of the molecule is CC(=O)c1cc2ccc(OCCCN3CCCCC3)cc2oc1=NO. The van der Waals surface area contributed by atoms with Gasteiger partial charge in [0.15, 0.2) is 5.78 Å². The van der Waals surface area contributed by atoms with Crippen LogP contribution in [0.5, 0.6) is 5.75 Å². The number of carbonyl (C=O) groups is 1. The number of ether oxygens (including phenoxy) is 1. The van der Waals surface area contributed by atoms with Crippen LogP contribution in [-0.4, -0.2) is 42.1 Å². The molecule has 1 N–H and O–H groups in total. The molecule has 0 bridgehead atoms. The van der Waals surface area contributed by atoms with Crippen molar-refractivity contribution in [2.45, 2.75) is 32.6 Å². The number of benzene rings is 1. The zero-order valence-corrected chi connectivity index (χ0v) is 14.5. The van der Waals surface area contributed by atoms with Crippen LogP contribution in [0.25, 0.3) is 11.0 Å². The molecule has 1 saturated heterocycles. The summed E-state index contributed by atoms with van der Waals surface area (Å²) in [5.74, 6) is 0.492. The van der Waals surface area contributed by atoms with Crippen molar-refractivity contribution in [2.75, 3.05) is 26.2 Å². The maximum Gasteiger partial charge on any atom is 0.266 e. The summed E-state index contributed by atoms with van der Waals surface area (Å²) < 4.78 is 11.3. The zero-order valence-electron chi connectivity index (χ0n) is 14.5. The second-order valence-electron chi connectivity index (χ2n) is 6.43. The van der Waals surface area contributed by atoms with E-state index in [9.17, 15) is 4.79 Å². The number of nitrogens with zero attached hydrogens (tertiary/aromatic N) is 2. The monoisotopic (exact) mass is 344 g/mol. The Labute approximate surface area is 146 Å². The van der Waals surface area contributed by atoms with Crippen LogP contribution in [0.2, 0.25) is 0 Å². The molecule has 1 aliphatic heterocycles. The van der Waals surface area contributed by atoms with Crippen LogP contribution in [-0.2, 0) is 0 Å². The van der Waals surface area contributed by atoms with E-state index >= 15 is 0 Å². The minimum atomic E-state index is -0.212. The van der Waals surface area contributed by atoms with Gasteiger partial charge in [0.25, 0.3) is 5.55 Å². The van der Waals surface area contributed by atoms with E-state index in [1.54, 1.807) is 12.1 Å². The van der Waals surface area contributed by atoms with E-state index in [-0.39, 0.29) is 16.9 Å². The molecule has 6 nitrogen and oxygen atoms in total. The molecule has 0 spiro atoms. The lowest BCUT2D eigenvalue weighted by atomic mass is 10.1. The number of likely N-dealkylation sites (tertiary alicyclic amines) is 1. The third-order valence-corrected chi connectivity index (χ3v) is 4.53. The molecule has 2 aromatic rings. The van der Waals surface area contributed by atoms with E-state index in [4.69, 9.17) is 14.4 Å². The maximum atomic E-state index is 11.6. The quantitative estimate of drug-likeness (QED) is 0.377. The second-order valence-corrected chi connectivity index (χ2v) is 6.43. The highest BCUT2D eigenvalue weighted by molar-refractivity contribution is 5.96. The molecule has 1 fully saturated rings. The van der Waals surface area contributed by atoms with Gasteiger partial charge in [-0.25, -0.2) is 0 Å². The van der Waals surface area contributed by atoms with Gasteiger partial charge in [-0.05, 0) is 62.6 Å². The molecule has 25 heavy (non-hydrogen) atoms. The van der Waals surface area contributed by atoms with Crippen molar-refractivity contribution in [1.29, 1.82) is 0 Å². The highest BCUT2D eigenvalue weighted by Gasteiger charge is 2.11. The average molecular weight is 344 g/mol. The van der Waals surface area contributed by atoms with Crippen molar-refractivity contribution in [3.8, 4) is 5.75 Å². The summed E-state index contributed by atoms with van der Waals surface area (Å²) in [7, 11) is 0. The lowest BCUT2D eigenvalue weighted by Gasteiger charge is -2.26. The van der Waals surface area contributed by atoms with Crippen LogP contribution in [0, 0.1) is 0 Å². The number of rotatable bonds is 6. The van der Waals surface area contributed by atoms with Gasteiger partial charge in [-0.1, -0.05) is 6.42 Å². The van der Waals surface area contributed by atoms with Crippen molar-refractivity contribution >= 4 is 16.8 Å². The molecular formula is C19H24N2O4. The highest BCUT2D eigenvalue weighted by atomic mass is 16.5. The van der Waals surface area contributed by atoms with Crippen molar-refractivity contribution < 1.29 is 19.2 Å². The molecule has 1 aliphatic rings. The Hall–Kier alpha value is -2.34. The number of Topliss-reactive ketones (excluding diaryl/α,β-unsaturated/α-hetero) is 1. The normalized spacial score (nSPS) is 16.3. The van der Waals surface area contributed by atoms with Crippen molar-refractivity contribution in [3.05, 3.63) is 35.4 Å². The van der Waals surface area contributed by atoms with Gasteiger partial charge < -0.3 is 19.3 Å². The standard InChI is InChI=1S/C19H24N2O4/c1-14(22)17-12-15-6-7-16(13-18(15)25-19(17)20-23)24-11-5-10-21-8-3-2-4-9-21/h6-7,12-13,23H,2-5,8-11H2,1H3. The topological polar surface area (TPSA) is 75.3 Å². The summed E-state index contributed by atoms with van der Waals surface area (Å²) >= 11 is 0. The molecule has 1 aromatic heterocycles. The Morgan fingerprint density at radius 2 is 2.08 bits per heavy atom. The summed E-state index contributed by atoms with van der Waals surface area (Å²) in [6.45, 7) is 5.50. The van der Waals surface area contributed by atoms with E-state index in [1.165, 1.54) is 39.3 Å². The molecule has 1 aromatic carbocycles. The molecule has 0 saturated carbocycles. The predicted molar refractivity (Wildman–Crippen MR) is 94.0 cm³/mol.